The summed E-state index contributed by atoms with van der Waals surface area (Å²) in [4.78, 5) is 10.3. The van der Waals surface area contributed by atoms with Crippen LogP contribution >= 0.6 is 0 Å². The second-order valence-corrected chi connectivity index (χ2v) is 2.91. The van der Waals surface area contributed by atoms with Crippen LogP contribution in [0.2, 0.25) is 0 Å². The molecule has 16 heavy (non-hydrogen) atoms. The molecule has 0 aliphatic heterocycles. The van der Waals surface area contributed by atoms with Crippen molar-refractivity contribution in [1.82, 2.24) is 20.0 Å². The zero-order valence-electron chi connectivity index (χ0n) is 7.88. The normalized spacial score (nSPS) is 10.9. The topological polar surface area (TPSA) is 73.8 Å². The van der Waals surface area contributed by atoms with Gasteiger partial charge in [0.05, 0.1) is 11.8 Å². The highest BCUT2D eigenvalue weighted by Crippen LogP contribution is 2.16. The average molecular weight is 228 g/mol. The van der Waals surface area contributed by atoms with Crippen LogP contribution in [0.3, 0.4) is 0 Å². The van der Waals surface area contributed by atoms with E-state index in [1.807, 2.05) is 0 Å². The van der Waals surface area contributed by atoms with Gasteiger partial charge in [-0.05, 0) is 0 Å². The Balaban J connectivity index is 2.20. The smallest absolute Gasteiger partial charge is 0.280 e. The number of rotatable bonds is 4. The van der Waals surface area contributed by atoms with Crippen LogP contribution in [-0.2, 0) is 6.54 Å². The summed E-state index contributed by atoms with van der Waals surface area (Å²) in [7, 11) is 0. The van der Waals surface area contributed by atoms with Gasteiger partial charge in [0, 0.05) is 6.20 Å². The van der Waals surface area contributed by atoms with Crippen molar-refractivity contribution in [2.45, 2.75) is 13.0 Å². The lowest BCUT2D eigenvalue weighted by Crippen LogP contribution is -2.06. The summed E-state index contributed by atoms with van der Waals surface area (Å²) in [5, 5.41) is 10.7. The Labute approximate surface area is 87.9 Å². The summed E-state index contributed by atoms with van der Waals surface area (Å²) >= 11 is 0. The fourth-order valence-electron chi connectivity index (χ4n) is 1.11. The summed E-state index contributed by atoms with van der Waals surface area (Å²) in [5.41, 5.74) is 0.390. The maximum atomic E-state index is 12.0. The maximum absolute atomic E-state index is 12.0. The van der Waals surface area contributed by atoms with Crippen molar-refractivity contribution in [3.05, 3.63) is 18.3 Å². The quantitative estimate of drug-likeness (QED) is 0.730. The number of hydrogen-bond acceptors (Lipinski definition) is 5. The van der Waals surface area contributed by atoms with Gasteiger partial charge in [0.25, 0.3) is 18.2 Å². The number of carbonyl (C=O) groups excluding carboxylic acids is 1. The van der Waals surface area contributed by atoms with Crippen molar-refractivity contribution >= 4 is 6.29 Å². The molecule has 0 bridgehead atoms. The predicted octanol–water partition coefficient (Wildman–Crippen LogP) is 1.01. The lowest BCUT2D eigenvalue weighted by molar-refractivity contribution is 0.109. The van der Waals surface area contributed by atoms with E-state index in [9.17, 15) is 13.6 Å². The Morgan fingerprint density at radius 2 is 2.31 bits per heavy atom. The van der Waals surface area contributed by atoms with Crippen molar-refractivity contribution in [1.29, 1.82) is 0 Å². The first-order valence-electron chi connectivity index (χ1n) is 4.28. The minimum atomic E-state index is -2.49. The van der Waals surface area contributed by atoms with Crippen LogP contribution in [0.25, 0.3) is 11.5 Å². The third-order valence-electron chi connectivity index (χ3n) is 1.75. The molecule has 8 heteroatoms. The molecular weight excluding hydrogens is 222 g/mol. The molecule has 84 valence electrons. The standard InChI is InChI=1S/C8H6F2N4O2/c9-6(10)3-14-2-5(1-11-14)8-13-12-7(4-15)16-8/h1-2,4,6H,3H2. The molecular formula is C8H6F2N4O2. The molecule has 0 radical (unpaired) electrons. The maximum Gasteiger partial charge on any atom is 0.280 e. The summed E-state index contributed by atoms with van der Waals surface area (Å²) in [6.07, 6.45) is 0.569. The third kappa shape index (κ3) is 2.10. The Bertz CT molecular complexity index is 494. The van der Waals surface area contributed by atoms with Gasteiger partial charge < -0.3 is 4.42 Å². The van der Waals surface area contributed by atoms with E-state index >= 15 is 0 Å². The molecule has 0 saturated carbocycles. The Morgan fingerprint density at radius 1 is 1.50 bits per heavy atom. The molecule has 0 unspecified atom stereocenters. The molecule has 0 aromatic carbocycles. The summed E-state index contributed by atoms with van der Waals surface area (Å²) < 4.78 is 30.0. The number of nitrogens with zero attached hydrogens (tertiary/aromatic N) is 4. The zero-order valence-corrected chi connectivity index (χ0v) is 7.88. The second-order valence-electron chi connectivity index (χ2n) is 2.91. The Hall–Kier alpha value is -2.12. The molecule has 0 N–H and O–H groups in total. The zero-order chi connectivity index (χ0) is 11.5. The van der Waals surface area contributed by atoms with Crippen LogP contribution in [-0.4, -0.2) is 32.7 Å². The molecule has 2 aromatic heterocycles. The van der Waals surface area contributed by atoms with Gasteiger partial charge in [-0.1, -0.05) is 0 Å². The van der Waals surface area contributed by atoms with Crippen LogP contribution in [0.5, 0.6) is 0 Å². The highest BCUT2D eigenvalue weighted by molar-refractivity contribution is 5.67. The predicted molar refractivity (Wildman–Crippen MR) is 46.9 cm³/mol. The van der Waals surface area contributed by atoms with E-state index in [0.717, 1.165) is 4.68 Å². The molecule has 6 nitrogen and oxygen atoms in total. The number of aldehydes is 1. The van der Waals surface area contributed by atoms with Crippen LogP contribution in [0.15, 0.2) is 16.8 Å². The van der Waals surface area contributed by atoms with Gasteiger partial charge in [0.15, 0.2) is 0 Å². The Kier molecular flexibility index (Phi) is 2.71. The number of halogens is 2. The molecule has 0 aliphatic rings. The van der Waals surface area contributed by atoms with Crippen molar-refractivity contribution in [3.8, 4) is 11.5 Å². The van der Waals surface area contributed by atoms with Gasteiger partial charge >= 0.3 is 0 Å². The lowest BCUT2D eigenvalue weighted by atomic mass is 10.4. The third-order valence-corrected chi connectivity index (χ3v) is 1.75. The number of alkyl halides is 2. The van der Waals surface area contributed by atoms with Gasteiger partial charge in [-0.3, -0.25) is 9.48 Å². The van der Waals surface area contributed by atoms with Crippen molar-refractivity contribution < 1.29 is 18.0 Å². The van der Waals surface area contributed by atoms with E-state index in [1.165, 1.54) is 12.4 Å². The number of hydrogen-bond donors (Lipinski definition) is 0. The van der Waals surface area contributed by atoms with Gasteiger partial charge in [0.1, 0.15) is 6.54 Å². The van der Waals surface area contributed by atoms with Crippen LogP contribution in [0, 0.1) is 0 Å². The van der Waals surface area contributed by atoms with E-state index < -0.39 is 13.0 Å². The first kappa shape index (κ1) is 10.4. The molecule has 2 heterocycles. The van der Waals surface area contributed by atoms with Crippen molar-refractivity contribution in [3.63, 3.8) is 0 Å². The molecule has 0 amide bonds. The largest absolute Gasteiger partial charge is 0.414 e. The highest BCUT2D eigenvalue weighted by atomic mass is 19.3. The molecule has 0 atom stereocenters. The molecule has 0 fully saturated rings. The molecule has 0 saturated heterocycles. The molecule has 2 rings (SSSR count). The average Bonchev–Trinajstić information content (AvgIpc) is 2.83. The number of carbonyl (C=O) groups is 1. The Morgan fingerprint density at radius 3 is 2.94 bits per heavy atom. The minimum Gasteiger partial charge on any atom is -0.414 e. The van der Waals surface area contributed by atoms with E-state index in [1.54, 1.807) is 0 Å². The van der Waals surface area contributed by atoms with Gasteiger partial charge in [0.2, 0.25) is 6.29 Å². The highest BCUT2D eigenvalue weighted by Gasteiger charge is 2.11. The fraction of sp³-hybridized carbons (Fsp3) is 0.250. The summed E-state index contributed by atoms with van der Waals surface area (Å²) in [6, 6.07) is 0. The van der Waals surface area contributed by atoms with E-state index in [0.29, 0.717) is 11.8 Å². The van der Waals surface area contributed by atoms with Gasteiger partial charge in [-0.15, -0.1) is 10.2 Å². The van der Waals surface area contributed by atoms with Crippen LogP contribution in [0.1, 0.15) is 10.7 Å². The first-order chi connectivity index (χ1) is 7.69. The van der Waals surface area contributed by atoms with Crippen LogP contribution in [0.4, 0.5) is 8.78 Å². The van der Waals surface area contributed by atoms with Gasteiger partial charge in [-0.2, -0.15) is 5.10 Å². The molecule has 0 aliphatic carbocycles. The lowest BCUT2D eigenvalue weighted by Gasteiger charge is -1.97. The molecule has 0 spiro atoms. The van der Waals surface area contributed by atoms with E-state index in [2.05, 4.69) is 15.3 Å². The van der Waals surface area contributed by atoms with Gasteiger partial charge in [-0.25, -0.2) is 8.78 Å². The SMILES string of the molecule is O=Cc1nnc(-c2cnn(CC(F)F)c2)o1. The second kappa shape index (κ2) is 4.17. The van der Waals surface area contributed by atoms with Crippen molar-refractivity contribution in [2.75, 3.05) is 0 Å². The minimum absolute atomic E-state index is 0.0719. The van der Waals surface area contributed by atoms with Crippen LogP contribution < -0.4 is 0 Å². The summed E-state index contributed by atoms with van der Waals surface area (Å²) in [5.74, 6) is -0.0979. The summed E-state index contributed by atoms with van der Waals surface area (Å²) in [6.45, 7) is -0.505. The van der Waals surface area contributed by atoms with Crippen molar-refractivity contribution in [2.24, 2.45) is 0 Å². The monoisotopic (exact) mass is 228 g/mol. The fourth-order valence-corrected chi connectivity index (χ4v) is 1.11. The van der Waals surface area contributed by atoms with E-state index in [4.69, 9.17) is 4.42 Å². The first-order valence-corrected chi connectivity index (χ1v) is 4.28. The number of aromatic nitrogens is 4. The molecule has 2 aromatic rings. The van der Waals surface area contributed by atoms with E-state index in [-0.39, 0.29) is 11.8 Å².